The zero-order chi connectivity index (χ0) is 26.4. The average Bonchev–Trinajstić information content (AvgIpc) is 2.88. The molecule has 13 atom stereocenters. The molecule has 0 aromatic carbocycles. The lowest BCUT2D eigenvalue weighted by molar-refractivity contribution is -0.322. The summed E-state index contributed by atoms with van der Waals surface area (Å²) in [7, 11) is 0. The van der Waals surface area contributed by atoms with Crippen molar-refractivity contribution in [2.75, 3.05) is 13.2 Å². The van der Waals surface area contributed by atoms with E-state index in [1.807, 2.05) is 0 Å². The van der Waals surface area contributed by atoms with E-state index < -0.39 is 92.5 Å². The predicted octanol–water partition coefficient (Wildman–Crippen LogP) is -2.69. The molecule has 0 bridgehead atoms. The third-order valence-corrected chi connectivity index (χ3v) is 6.75. The molecule has 0 amide bonds. The zero-order valence-corrected chi connectivity index (χ0v) is 18.9. The van der Waals surface area contributed by atoms with E-state index >= 15 is 0 Å². The lowest BCUT2D eigenvalue weighted by atomic mass is 9.84. The van der Waals surface area contributed by atoms with Crippen LogP contribution in [0.3, 0.4) is 0 Å². The summed E-state index contributed by atoms with van der Waals surface area (Å²) in [6.07, 6.45) is -13.9. The molecule has 9 N–H and O–H groups in total. The van der Waals surface area contributed by atoms with Gasteiger partial charge in [-0.05, 0) is 19.3 Å². The molecule has 0 radical (unpaired) electrons. The van der Waals surface area contributed by atoms with Gasteiger partial charge in [0.15, 0.2) is 12.6 Å². The van der Waals surface area contributed by atoms with Gasteiger partial charge in [0.2, 0.25) is 0 Å². The van der Waals surface area contributed by atoms with Gasteiger partial charge in [0, 0.05) is 0 Å². The summed E-state index contributed by atoms with van der Waals surface area (Å²) in [6.45, 7) is -1.04. The Morgan fingerprint density at radius 1 is 0.722 bits per heavy atom. The Hall–Kier alpha value is -0.870. The molecule has 2 heterocycles. The summed E-state index contributed by atoms with van der Waals surface area (Å²) >= 11 is 0. The Morgan fingerprint density at radius 3 is 1.86 bits per heavy atom. The van der Waals surface area contributed by atoms with Crippen molar-refractivity contribution < 1.29 is 61.8 Å². The summed E-state index contributed by atoms with van der Waals surface area (Å²) in [5.41, 5.74) is 6.81. The van der Waals surface area contributed by atoms with Gasteiger partial charge in [0.05, 0.1) is 43.4 Å². The number of aliphatic hydroxyl groups excluding tert-OH is 4. The second kappa shape index (κ2) is 13.8. The molecular weight excluding hydrogens is 509 g/mol. The second-order valence-corrected chi connectivity index (χ2v) is 8.96. The highest BCUT2D eigenvalue weighted by Gasteiger charge is 2.52. The van der Waals surface area contributed by atoms with Crippen LogP contribution in [0.2, 0.25) is 0 Å². The highest BCUT2D eigenvalue weighted by molar-refractivity contribution is 5.01. The number of hydrogen-bond donors (Lipinski definition) is 9. The third-order valence-electron chi connectivity index (χ3n) is 6.75. The van der Waals surface area contributed by atoms with Crippen molar-refractivity contribution in [2.24, 2.45) is 0 Å². The summed E-state index contributed by atoms with van der Waals surface area (Å²) in [4.78, 5) is 0. The minimum atomic E-state index is -1.88. The molecule has 212 valence electrons. The van der Waals surface area contributed by atoms with Crippen LogP contribution in [0.25, 0.3) is 0 Å². The molecule has 2 aliphatic heterocycles. The molecule has 3 fully saturated rings. The molecular formula is C18H32F5N5O8. The Bertz CT molecular complexity index is 671. The van der Waals surface area contributed by atoms with Gasteiger partial charge in [-0.2, -0.15) is 27.7 Å². The van der Waals surface area contributed by atoms with Crippen LogP contribution >= 0.6 is 0 Å². The Kier molecular flexibility index (Phi) is 11.4. The van der Waals surface area contributed by atoms with Gasteiger partial charge in [-0.15, -0.1) is 22.4 Å². The van der Waals surface area contributed by atoms with E-state index in [9.17, 15) is 42.8 Å². The van der Waals surface area contributed by atoms with Gasteiger partial charge in [0.1, 0.15) is 36.6 Å². The smallest absolute Gasteiger partial charge is 0.186 e. The van der Waals surface area contributed by atoms with Crippen LogP contribution < -0.4 is 27.7 Å². The van der Waals surface area contributed by atoms with Crippen molar-refractivity contribution in [3.05, 3.63) is 0 Å². The van der Waals surface area contributed by atoms with Crippen molar-refractivity contribution in [1.82, 2.24) is 27.7 Å². The van der Waals surface area contributed by atoms with Crippen LogP contribution in [0.4, 0.5) is 22.4 Å². The topological polar surface area (TPSA) is 178 Å². The van der Waals surface area contributed by atoms with Gasteiger partial charge in [-0.3, -0.25) is 0 Å². The van der Waals surface area contributed by atoms with E-state index in [-0.39, 0.29) is 19.4 Å². The molecule has 36 heavy (non-hydrogen) atoms. The molecule has 0 aromatic rings. The van der Waals surface area contributed by atoms with Crippen LogP contribution in [0.15, 0.2) is 0 Å². The molecule has 18 heteroatoms. The van der Waals surface area contributed by atoms with Gasteiger partial charge in [-0.25, -0.2) is 0 Å². The molecule has 3 rings (SSSR count). The van der Waals surface area contributed by atoms with Crippen LogP contribution in [0.1, 0.15) is 19.3 Å². The van der Waals surface area contributed by atoms with Crippen LogP contribution in [0.5, 0.6) is 0 Å². The lowest BCUT2D eigenvalue weighted by Crippen LogP contribution is -2.68. The van der Waals surface area contributed by atoms with Crippen molar-refractivity contribution in [2.45, 2.75) is 98.7 Å². The molecule has 13 nitrogen and oxygen atoms in total. The van der Waals surface area contributed by atoms with Crippen molar-refractivity contribution in [1.29, 1.82) is 0 Å². The number of halogens is 5. The standard InChI is InChI=1S/C18H32F5N5O8/c19-24-4-6-1-2-7(25-20)17(33-6)35-15-8(26-21)3-9(27-22)16(14(15)32)36-18-13(31)11(28-23)12(30)10(5-29)34-18/h6-18,24-32H,1-5H2. The normalized spacial score (nSPS) is 46.1. The highest BCUT2D eigenvalue weighted by atomic mass is 19.2. The maximum absolute atomic E-state index is 13.6. The Balaban J connectivity index is 1.79. The van der Waals surface area contributed by atoms with E-state index in [0.717, 1.165) is 0 Å². The first-order valence-corrected chi connectivity index (χ1v) is 11.4. The first kappa shape index (κ1) is 29.7. The van der Waals surface area contributed by atoms with Crippen molar-refractivity contribution >= 4 is 0 Å². The predicted molar refractivity (Wildman–Crippen MR) is 107 cm³/mol. The van der Waals surface area contributed by atoms with Crippen LogP contribution in [0, 0.1) is 0 Å². The maximum atomic E-state index is 13.6. The number of ether oxygens (including phenoxy) is 4. The molecule has 2 saturated heterocycles. The van der Waals surface area contributed by atoms with Crippen molar-refractivity contribution in [3.8, 4) is 0 Å². The average molecular weight is 541 g/mol. The Labute approximate surface area is 202 Å². The molecule has 1 aliphatic carbocycles. The third kappa shape index (κ3) is 6.40. The van der Waals surface area contributed by atoms with E-state index in [0.29, 0.717) is 0 Å². The van der Waals surface area contributed by atoms with E-state index in [1.165, 1.54) is 27.7 Å². The molecule has 0 aromatic heterocycles. The van der Waals surface area contributed by atoms with E-state index in [4.69, 9.17) is 18.9 Å². The summed E-state index contributed by atoms with van der Waals surface area (Å²) < 4.78 is 88.3. The molecule has 1 saturated carbocycles. The van der Waals surface area contributed by atoms with Gasteiger partial charge in [-0.1, -0.05) is 0 Å². The van der Waals surface area contributed by atoms with Crippen LogP contribution in [-0.2, 0) is 18.9 Å². The fourth-order valence-corrected chi connectivity index (χ4v) is 4.73. The SMILES string of the molecule is OCC1OC(OC2C(NF)CC(NF)C(OC3OC(CNF)CCC3NF)C2O)C(O)C(NF)C1O. The number of rotatable bonds is 11. The lowest BCUT2D eigenvalue weighted by Gasteiger charge is -2.48. The minimum absolute atomic E-state index is 0.142. The van der Waals surface area contributed by atoms with Gasteiger partial charge in [0.25, 0.3) is 0 Å². The molecule has 3 aliphatic rings. The first-order chi connectivity index (χ1) is 17.3. The van der Waals surface area contributed by atoms with E-state index in [1.54, 1.807) is 0 Å². The summed E-state index contributed by atoms with van der Waals surface area (Å²) in [6, 6.07) is -5.50. The molecule has 0 spiro atoms. The van der Waals surface area contributed by atoms with E-state index in [2.05, 4.69) is 0 Å². The second-order valence-electron chi connectivity index (χ2n) is 8.96. The number of hydrogen-bond acceptors (Lipinski definition) is 13. The largest absolute Gasteiger partial charge is 0.394 e. The summed E-state index contributed by atoms with van der Waals surface area (Å²) in [5, 5.41) is 40.7. The van der Waals surface area contributed by atoms with Crippen molar-refractivity contribution in [3.63, 3.8) is 0 Å². The fourth-order valence-electron chi connectivity index (χ4n) is 4.73. The Morgan fingerprint density at radius 2 is 1.33 bits per heavy atom. The minimum Gasteiger partial charge on any atom is -0.394 e. The number of aliphatic hydroxyl groups is 4. The summed E-state index contributed by atoms with van der Waals surface area (Å²) in [5.74, 6) is 0. The van der Waals surface area contributed by atoms with Gasteiger partial charge >= 0.3 is 0 Å². The van der Waals surface area contributed by atoms with Gasteiger partial charge < -0.3 is 39.4 Å². The number of nitrogens with one attached hydrogen (secondary N) is 5. The highest BCUT2D eigenvalue weighted by Crippen LogP contribution is 2.32. The molecule has 13 unspecified atom stereocenters. The quantitative estimate of drug-likeness (QED) is 0.0977. The zero-order valence-electron chi connectivity index (χ0n) is 18.9. The van der Waals surface area contributed by atoms with Crippen LogP contribution in [-0.4, -0.2) is 113 Å². The monoisotopic (exact) mass is 541 g/mol. The fraction of sp³-hybridized carbons (Fsp3) is 1.00. The first-order valence-electron chi connectivity index (χ1n) is 11.4. The maximum Gasteiger partial charge on any atom is 0.186 e.